The van der Waals surface area contributed by atoms with Crippen LogP contribution in [0.2, 0.25) is 0 Å². The fourth-order valence-electron chi connectivity index (χ4n) is 7.14. The SMILES string of the molecule is CNS(=O)(=O)c1ccc(NC2CCCCC2)c(-c2ncccc2F)c1.CNS(=O)(=O)c1ccc(NC2CCCCC2)c(B2OC(C)(C)C(C)(C)O2)c1.Fc1cccnc1Br. The summed E-state index contributed by atoms with van der Waals surface area (Å²) >= 11 is 2.91. The molecule has 2 aromatic heterocycles. The minimum atomic E-state index is -3.62. The second-order valence-electron chi connectivity index (χ2n) is 16.0. The molecule has 2 saturated carbocycles. The van der Waals surface area contributed by atoms with E-state index in [2.05, 4.69) is 46.0 Å². The summed E-state index contributed by atoms with van der Waals surface area (Å²) in [5.41, 5.74) is 1.95. The molecule has 0 spiro atoms. The molecular weight excluding hydrogens is 877 g/mol. The Kier molecular flexibility index (Phi) is 16.3. The molecule has 3 fully saturated rings. The lowest BCUT2D eigenvalue weighted by Crippen LogP contribution is -2.41. The molecule has 4 aromatic rings. The summed E-state index contributed by atoms with van der Waals surface area (Å²) in [6.07, 6.45) is 14.7. The summed E-state index contributed by atoms with van der Waals surface area (Å²) in [5.74, 6) is -0.805. The Hall–Kier alpha value is -3.52. The molecular formula is C42H56BBrF2N6O6S2. The molecule has 0 radical (unpaired) electrons. The van der Waals surface area contributed by atoms with Crippen LogP contribution in [0.1, 0.15) is 91.9 Å². The second-order valence-corrected chi connectivity index (χ2v) is 20.6. The first kappa shape index (κ1) is 47.5. The summed E-state index contributed by atoms with van der Waals surface area (Å²) in [7, 11) is -5.02. The predicted octanol–water partition coefficient (Wildman–Crippen LogP) is 8.16. The third-order valence-corrected chi connectivity index (χ3v) is 14.7. The average molecular weight is 934 g/mol. The highest BCUT2D eigenvalue weighted by Gasteiger charge is 2.52. The van der Waals surface area contributed by atoms with E-state index in [-0.39, 0.29) is 25.9 Å². The summed E-state index contributed by atoms with van der Waals surface area (Å²) in [5, 5.41) is 7.05. The molecule has 3 heterocycles. The first-order valence-corrected chi connectivity index (χ1v) is 24.0. The van der Waals surface area contributed by atoms with Crippen molar-refractivity contribution in [2.75, 3.05) is 24.7 Å². The number of nitrogens with one attached hydrogen (secondary N) is 4. The maximum absolute atomic E-state index is 14.3. The zero-order valence-electron chi connectivity index (χ0n) is 35.0. The quantitative estimate of drug-likeness (QED) is 0.0903. The number of nitrogens with zero attached hydrogens (tertiary/aromatic N) is 2. The van der Waals surface area contributed by atoms with E-state index in [9.17, 15) is 25.6 Å². The zero-order chi connectivity index (χ0) is 43.7. The molecule has 0 unspecified atom stereocenters. The van der Waals surface area contributed by atoms with Gasteiger partial charge in [0.2, 0.25) is 20.0 Å². The van der Waals surface area contributed by atoms with E-state index >= 15 is 0 Å². The lowest BCUT2D eigenvalue weighted by atomic mass is 9.77. The van der Waals surface area contributed by atoms with E-state index in [1.165, 1.54) is 82.5 Å². The number of benzene rings is 2. The molecule has 2 aromatic carbocycles. The molecule has 18 heteroatoms. The van der Waals surface area contributed by atoms with E-state index in [0.717, 1.165) is 49.7 Å². The van der Waals surface area contributed by atoms with E-state index < -0.39 is 44.2 Å². The minimum Gasteiger partial charge on any atom is -0.399 e. The average Bonchev–Trinajstić information content (AvgIpc) is 3.46. The fraction of sp³-hybridized carbons (Fsp3) is 0.476. The number of hydrogen-bond acceptors (Lipinski definition) is 10. The van der Waals surface area contributed by atoms with Crippen molar-refractivity contribution in [1.82, 2.24) is 19.4 Å². The predicted molar refractivity (Wildman–Crippen MR) is 237 cm³/mol. The van der Waals surface area contributed by atoms with Crippen molar-refractivity contribution in [2.45, 2.75) is 125 Å². The molecule has 0 atom stereocenters. The summed E-state index contributed by atoms with van der Waals surface area (Å²) < 4.78 is 92.7. The number of halogens is 3. The van der Waals surface area contributed by atoms with Crippen LogP contribution in [0.15, 0.2) is 87.5 Å². The molecule has 4 N–H and O–H groups in total. The Labute approximate surface area is 362 Å². The lowest BCUT2D eigenvalue weighted by molar-refractivity contribution is 0.00578. The van der Waals surface area contributed by atoms with Crippen molar-refractivity contribution in [3.63, 3.8) is 0 Å². The molecule has 7 rings (SSSR count). The summed E-state index contributed by atoms with van der Waals surface area (Å²) in [4.78, 5) is 8.04. The third kappa shape index (κ3) is 12.1. The number of rotatable bonds is 10. The lowest BCUT2D eigenvalue weighted by Gasteiger charge is -2.32. The van der Waals surface area contributed by atoms with Crippen molar-refractivity contribution >= 4 is 59.9 Å². The van der Waals surface area contributed by atoms with E-state index in [1.54, 1.807) is 24.3 Å². The molecule has 1 aliphatic heterocycles. The van der Waals surface area contributed by atoms with Gasteiger partial charge in [0.1, 0.15) is 16.1 Å². The second kappa shape index (κ2) is 20.6. The molecule has 0 amide bonds. The Morgan fingerprint density at radius 1 is 0.667 bits per heavy atom. The van der Waals surface area contributed by atoms with Crippen LogP contribution < -0.4 is 25.5 Å². The van der Waals surface area contributed by atoms with Gasteiger partial charge in [-0.3, -0.25) is 4.98 Å². The highest BCUT2D eigenvalue weighted by molar-refractivity contribution is 9.10. The van der Waals surface area contributed by atoms with E-state index in [1.807, 2.05) is 33.8 Å². The highest BCUT2D eigenvalue weighted by Crippen LogP contribution is 2.38. The van der Waals surface area contributed by atoms with Crippen LogP contribution >= 0.6 is 15.9 Å². The summed E-state index contributed by atoms with van der Waals surface area (Å²) in [6, 6.07) is 16.3. The molecule has 3 aliphatic rings. The number of anilines is 2. The largest absolute Gasteiger partial charge is 0.497 e. The zero-order valence-corrected chi connectivity index (χ0v) is 38.2. The molecule has 1 saturated heterocycles. The monoisotopic (exact) mass is 932 g/mol. The standard InChI is InChI=1S/C19H31BN2O4S.C18H22FN3O2S.C5H3BrFN/c1-18(2)19(3,4)26-20(25-18)16-13-15(27(23,24)21-5)11-12-17(16)22-14-9-7-6-8-10-14;1-20-25(23,24)14-9-10-17(22-13-6-3-2-4-7-13)15(12-14)18-16(19)8-5-11-21-18;6-5-4(7)2-1-3-8-5/h11-14,21-22H,6-10H2,1-5H3;5,8-13,20,22H,2-4,6-7H2,1H3;1-3H. The normalized spacial score (nSPS) is 18.1. The Bertz CT molecular complexity index is 2260. The first-order chi connectivity index (χ1) is 28.4. The molecule has 60 heavy (non-hydrogen) atoms. The van der Waals surface area contributed by atoms with Gasteiger partial charge in [-0.25, -0.2) is 40.0 Å². The number of aromatic nitrogens is 2. The molecule has 0 bridgehead atoms. The van der Waals surface area contributed by atoms with Gasteiger partial charge in [0.15, 0.2) is 5.82 Å². The van der Waals surface area contributed by atoms with Crippen LogP contribution in [0.25, 0.3) is 11.3 Å². The van der Waals surface area contributed by atoms with Gasteiger partial charge in [-0.1, -0.05) is 38.5 Å². The smallest absolute Gasteiger partial charge is 0.399 e. The Balaban J connectivity index is 0.000000192. The number of hydrogen-bond donors (Lipinski definition) is 4. The Morgan fingerprint density at radius 3 is 1.60 bits per heavy atom. The third-order valence-electron chi connectivity index (χ3n) is 11.3. The number of sulfonamides is 2. The van der Waals surface area contributed by atoms with Crippen LogP contribution in [-0.2, 0) is 29.4 Å². The van der Waals surface area contributed by atoms with Crippen molar-refractivity contribution in [3.05, 3.63) is 89.3 Å². The van der Waals surface area contributed by atoms with Crippen molar-refractivity contribution in [1.29, 1.82) is 0 Å². The van der Waals surface area contributed by atoms with Crippen molar-refractivity contribution in [3.8, 4) is 11.3 Å². The van der Waals surface area contributed by atoms with Gasteiger partial charge in [-0.15, -0.1) is 0 Å². The highest BCUT2D eigenvalue weighted by atomic mass is 79.9. The molecule has 2 aliphatic carbocycles. The molecule has 12 nitrogen and oxygen atoms in total. The van der Waals surface area contributed by atoms with Gasteiger partial charge in [0.05, 0.1) is 21.0 Å². The van der Waals surface area contributed by atoms with Crippen molar-refractivity contribution in [2.24, 2.45) is 0 Å². The Morgan fingerprint density at radius 2 is 1.13 bits per heavy atom. The van der Waals surface area contributed by atoms with Crippen LogP contribution in [0.3, 0.4) is 0 Å². The first-order valence-electron chi connectivity index (χ1n) is 20.3. The van der Waals surface area contributed by atoms with Gasteiger partial charge >= 0.3 is 7.12 Å². The minimum absolute atomic E-state index is 0.0873. The topological polar surface area (TPSA) is 161 Å². The van der Waals surface area contributed by atoms with Crippen LogP contribution in [0, 0.1) is 11.6 Å². The maximum Gasteiger partial charge on any atom is 0.497 e. The summed E-state index contributed by atoms with van der Waals surface area (Å²) in [6.45, 7) is 7.98. The maximum atomic E-state index is 14.3. The number of pyridine rings is 2. The van der Waals surface area contributed by atoms with Gasteiger partial charge in [-0.05, 0) is 144 Å². The van der Waals surface area contributed by atoms with Crippen LogP contribution in [0.5, 0.6) is 0 Å². The molecule has 326 valence electrons. The van der Waals surface area contributed by atoms with E-state index in [0.29, 0.717) is 23.3 Å². The van der Waals surface area contributed by atoms with Gasteiger partial charge < -0.3 is 19.9 Å². The van der Waals surface area contributed by atoms with Gasteiger partial charge in [-0.2, -0.15) is 0 Å². The fourth-order valence-corrected chi connectivity index (χ4v) is 8.91. The van der Waals surface area contributed by atoms with Crippen molar-refractivity contribution < 1.29 is 34.9 Å². The van der Waals surface area contributed by atoms with E-state index in [4.69, 9.17) is 9.31 Å². The van der Waals surface area contributed by atoms with Crippen LogP contribution in [-0.4, -0.2) is 71.3 Å². The van der Waals surface area contributed by atoms with Gasteiger partial charge in [0, 0.05) is 46.9 Å². The van der Waals surface area contributed by atoms with Gasteiger partial charge in [0.25, 0.3) is 0 Å². The van der Waals surface area contributed by atoms with Crippen LogP contribution in [0.4, 0.5) is 20.2 Å².